The highest BCUT2D eigenvalue weighted by Gasteiger charge is 2.31. The van der Waals surface area contributed by atoms with Gasteiger partial charge in [0.25, 0.3) is 0 Å². The first kappa shape index (κ1) is 17.7. The highest BCUT2D eigenvalue weighted by Crippen LogP contribution is 2.24. The van der Waals surface area contributed by atoms with Crippen LogP contribution in [-0.2, 0) is 9.53 Å². The van der Waals surface area contributed by atoms with Crippen molar-refractivity contribution in [1.29, 1.82) is 0 Å². The van der Waals surface area contributed by atoms with E-state index in [2.05, 4.69) is 10.3 Å². The van der Waals surface area contributed by atoms with Gasteiger partial charge >= 0.3 is 6.09 Å². The van der Waals surface area contributed by atoms with Crippen LogP contribution in [0.2, 0.25) is 0 Å². The lowest BCUT2D eigenvalue weighted by Crippen LogP contribution is -2.45. The van der Waals surface area contributed by atoms with Crippen molar-refractivity contribution < 1.29 is 14.3 Å². The number of rotatable bonds is 2. The Hall–Kier alpha value is -1.63. The third kappa shape index (κ3) is 4.92. The van der Waals surface area contributed by atoms with Crippen LogP contribution in [0, 0.1) is 19.8 Å². The van der Waals surface area contributed by atoms with Crippen LogP contribution in [0.25, 0.3) is 0 Å². The second-order valence-corrected chi connectivity index (χ2v) is 8.12. The molecule has 1 aliphatic heterocycles. The zero-order valence-corrected chi connectivity index (χ0v) is 15.2. The molecule has 0 bridgehead atoms. The Morgan fingerprint density at radius 1 is 1.35 bits per heavy atom. The highest BCUT2D eigenvalue weighted by atomic mass is 32.1. The fraction of sp³-hybridized carbons (Fsp3) is 0.688. The van der Waals surface area contributed by atoms with E-state index in [1.165, 1.54) is 11.3 Å². The number of amides is 2. The quantitative estimate of drug-likeness (QED) is 0.897. The Balaban J connectivity index is 1.94. The summed E-state index contributed by atoms with van der Waals surface area (Å²) in [4.78, 5) is 31.6. The summed E-state index contributed by atoms with van der Waals surface area (Å²) in [5.74, 6) is -0.298. The topological polar surface area (TPSA) is 71.5 Å². The average Bonchev–Trinajstić information content (AvgIpc) is 2.75. The van der Waals surface area contributed by atoms with Gasteiger partial charge in [0.05, 0.1) is 11.6 Å². The molecule has 0 aromatic carbocycles. The zero-order chi connectivity index (χ0) is 17.2. The normalized spacial score (nSPS) is 18.7. The zero-order valence-electron chi connectivity index (χ0n) is 14.4. The van der Waals surface area contributed by atoms with Crippen molar-refractivity contribution >= 4 is 28.5 Å². The molecule has 1 aliphatic rings. The number of carbonyl (C=O) groups is 2. The molecule has 1 fully saturated rings. The van der Waals surface area contributed by atoms with Crippen molar-refractivity contribution in [2.45, 2.75) is 53.1 Å². The van der Waals surface area contributed by atoms with Gasteiger partial charge in [0.15, 0.2) is 5.13 Å². The number of ether oxygens (including phenoxy) is 1. The van der Waals surface area contributed by atoms with E-state index in [4.69, 9.17) is 4.74 Å². The van der Waals surface area contributed by atoms with Gasteiger partial charge < -0.3 is 15.0 Å². The Labute approximate surface area is 141 Å². The molecule has 2 heterocycles. The molecule has 0 saturated carbocycles. The summed E-state index contributed by atoms with van der Waals surface area (Å²) < 4.78 is 5.39. The van der Waals surface area contributed by atoms with E-state index in [9.17, 15) is 9.59 Å². The van der Waals surface area contributed by atoms with E-state index >= 15 is 0 Å². The largest absolute Gasteiger partial charge is 0.444 e. The first-order valence-corrected chi connectivity index (χ1v) is 8.70. The summed E-state index contributed by atoms with van der Waals surface area (Å²) in [6.07, 6.45) is 1.22. The van der Waals surface area contributed by atoms with Gasteiger partial charge in [-0.1, -0.05) is 0 Å². The molecular formula is C16H25N3O3S. The second-order valence-electron chi connectivity index (χ2n) is 6.92. The maximum absolute atomic E-state index is 12.4. The third-order valence-electron chi connectivity index (χ3n) is 3.70. The lowest BCUT2D eigenvalue weighted by molar-refractivity contribution is -0.121. The minimum absolute atomic E-state index is 0.0768. The molecule has 0 aliphatic carbocycles. The van der Waals surface area contributed by atoms with Crippen LogP contribution in [0.4, 0.5) is 9.93 Å². The van der Waals surface area contributed by atoms with Gasteiger partial charge in [0.2, 0.25) is 5.91 Å². The predicted octanol–water partition coefficient (Wildman–Crippen LogP) is 3.35. The summed E-state index contributed by atoms with van der Waals surface area (Å²) in [6.45, 7) is 10.4. The average molecular weight is 339 g/mol. The van der Waals surface area contributed by atoms with Crippen LogP contribution in [0.15, 0.2) is 0 Å². The van der Waals surface area contributed by atoms with Gasteiger partial charge in [0, 0.05) is 18.0 Å². The Kier molecular flexibility index (Phi) is 5.29. The maximum Gasteiger partial charge on any atom is 0.410 e. The van der Waals surface area contributed by atoms with Crippen LogP contribution < -0.4 is 5.32 Å². The van der Waals surface area contributed by atoms with Crippen molar-refractivity contribution in [3.05, 3.63) is 10.6 Å². The van der Waals surface area contributed by atoms with Gasteiger partial charge in [-0.05, 0) is 47.5 Å². The minimum Gasteiger partial charge on any atom is -0.444 e. The molecule has 6 nitrogen and oxygen atoms in total. The van der Waals surface area contributed by atoms with Crippen LogP contribution >= 0.6 is 11.3 Å². The number of nitrogens with one attached hydrogen (secondary N) is 1. The number of carbonyl (C=O) groups excluding carboxylic acids is 2. The second kappa shape index (κ2) is 6.86. The number of anilines is 1. The molecule has 1 N–H and O–H groups in total. The lowest BCUT2D eigenvalue weighted by atomic mass is 9.97. The summed E-state index contributed by atoms with van der Waals surface area (Å²) in [5.41, 5.74) is 0.409. The lowest BCUT2D eigenvalue weighted by Gasteiger charge is -2.33. The Bertz CT molecular complexity index is 572. The fourth-order valence-electron chi connectivity index (χ4n) is 2.42. The highest BCUT2D eigenvalue weighted by molar-refractivity contribution is 7.15. The van der Waals surface area contributed by atoms with Crippen molar-refractivity contribution in [1.82, 2.24) is 9.88 Å². The first-order chi connectivity index (χ1) is 10.7. The summed E-state index contributed by atoms with van der Waals surface area (Å²) in [7, 11) is 0. The molecule has 23 heavy (non-hydrogen) atoms. The van der Waals surface area contributed by atoms with Crippen molar-refractivity contribution in [2.75, 3.05) is 18.4 Å². The number of nitrogens with zero attached hydrogens (tertiary/aromatic N) is 2. The molecule has 128 valence electrons. The van der Waals surface area contributed by atoms with Crippen molar-refractivity contribution in [3.63, 3.8) is 0 Å². The maximum atomic E-state index is 12.4. The van der Waals surface area contributed by atoms with E-state index in [0.717, 1.165) is 23.4 Å². The number of piperidine rings is 1. The van der Waals surface area contributed by atoms with Crippen LogP contribution in [0.3, 0.4) is 0 Å². The summed E-state index contributed by atoms with van der Waals surface area (Å²) in [6, 6.07) is 0. The number of hydrogen-bond donors (Lipinski definition) is 1. The monoisotopic (exact) mass is 339 g/mol. The van der Waals surface area contributed by atoms with Crippen molar-refractivity contribution in [2.24, 2.45) is 5.92 Å². The predicted molar refractivity (Wildman–Crippen MR) is 90.7 cm³/mol. The smallest absolute Gasteiger partial charge is 0.410 e. The number of aromatic nitrogens is 1. The fourth-order valence-corrected chi connectivity index (χ4v) is 3.23. The molecule has 1 saturated heterocycles. The molecule has 1 aromatic heterocycles. The van der Waals surface area contributed by atoms with Gasteiger partial charge in [-0.3, -0.25) is 4.79 Å². The first-order valence-electron chi connectivity index (χ1n) is 7.88. The summed E-state index contributed by atoms with van der Waals surface area (Å²) >= 11 is 1.47. The molecule has 1 aromatic rings. The van der Waals surface area contributed by atoms with Crippen LogP contribution in [-0.4, -0.2) is 40.6 Å². The van der Waals surface area contributed by atoms with E-state index in [1.54, 1.807) is 4.90 Å². The molecule has 0 spiro atoms. The molecule has 0 radical (unpaired) electrons. The molecule has 7 heteroatoms. The standard InChI is InChI=1S/C16H25N3O3S/c1-10-11(2)23-14(17-10)18-13(20)12-7-6-8-19(9-12)15(21)22-16(3,4)5/h12H,6-9H2,1-5H3,(H,17,18,20)/t12-/m0/s1. The van der Waals surface area contributed by atoms with Crippen LogP contribution in [0.1, 0.15) is 44.2 Å². The van der Waals surface area contributed by atoms with Gasteiger partial charge in [-0.25, -0.2) is 9.78 Å². The molecule has 2 rings (SSSR count). The Morgan fingerprint density at radius 2 is 2.04 bits per heavy atom. The SMILES string of the molecule is Cc1nc(NC(=O)[C@H]2CCCN(C(=O)OC(C)(C)C)C2)sc1C. The molecule has 2 amide bonds. The van der Waals surface area contributed by atoms with E-state index in [1.807, 2.05) is 34.6 Å². The minimum atomic E-state index is -0.526. The number of hydrogen-bond acceptors (Lipinski definition) is 5. The van der Waals surface area contributed by atoms with Gasteiger partial charge in [-0.2, -0.15) is 0 Å². The number of aryl methyl sites for hydroxylation is 2. The number of likely N-dealkylation sites (tertiary alicyclic amines) is 1. The Morgan fingerprint density at radius 3 is 2.61 bits per heavy atom. The van der Waals surface area contributed by atoms with Gasteiger partial charge in [0.1, 0.15) is 5.60 Å². The molecule has 1 atom stereocenters. The molecular weight excluding hydrogens is 314 g/mol. The molecule has 0 unspecified atom stereocenters. The summed E-state index contributed by atoms with van der Waals surface area (Å²) in [5, 5.41) is 3.50. The van der Waals surface area contributed by atoms with E-state index in [-0.39, 0.29) is 17.9 Å². The van der Waals surface area contributed by atoms with E-state index < -0.39 is 5.60 Å². The van der Waals surface area contributed by atoms with Gasteiger partial charge in [-0.15, -0.1) is 11.3 Å². The van der Waals surface area contributed by atoms with E-state index in [0.29, 0.717) is 18.2 Å². The third-order valence-corrected chi connectivity index (χ3v) is 4.69. The van der Waals surface area contributed by atoms with Crippen LogP contribution in [0.5, 0.6) is 0 Å². The van der Waals surface area contributed by atoms with Crippen molar-refractivity contribution in [3.8, 4) is 0 Å². The number of thiazole rings is 1.